The van der Waals surface area contributed by atoms with Gasteiger partial charge >= 0.3 is 0 Å². The third-order valence-electron chi connectivity index (χ3n) is 3.04. The largest absolute Gasteiger partial charge is 0.316 e. The summed E-state index contributed by atoms with van der Waals surface area (Å²) in [5.41, 5.74) is 1.66. The highest BCUT2D eigenvalue weighted by Crippen LogP contribution is 2.19. The van der Waals surface area contributed by atoms with Crippen molar-refractivity contribution >= 4 is 15.7 Å². The van der Waals surface area contributed by atoms with Crippen LogP contribution >= 0.6 is 0 Å². The summed E-state index contributed by atoms with van der Waals surface area (Å²) in [5, 5.41) is 2.99. The first-order valence-corrected chi connectivity index (χ1v) is 7.93. The second-order valence-electron chi connectivity index (χ2n) is 4.74. The molecule has 0 aromatic heterocycles. The first kappa shape index (κ1) is 15.5. The Morgan fingerprint density at radius 3 is 2.33 bits per heavy atom. The minimum absolute atomic E-state index is 0.142. The van der Waals surface area contributed by atoms with Crippen LogP contribution in [0.2, 0.25) is 0 Å². The minimum atomic E-state index is -3.71. The molecule has 2 aromatic rings. The summed E-state index contributed by atoms with van der Waals surface area (Å²) >= 11 is 0. The Morgan fingerprint density at radius 1 is 1.10 bits per heavy atom. The standard InChI is InChI=1S/C15H17FN2O2S/c1-11-3-6-13(9-15(11)16)18-21(19,20)14-7-4-12(5-8-14)10-17-2/h3-9,17-18H,10H2,1-2H3. The second kappa shape index (κ2) is 6.24. The zero-order valence-corrected chi connectivity index (χ0v) is 12.7. The number of aryl methyl sites for hydroxylation is 1. The zero-order valence-electron chi connectivity index (χ0n) is 11.9. The Labute approximate surface area is 124 Å². The summed E-state index contributed by atoms with van der Waals surface area (Å²) in [5.74, 6) is -0.445. The molecule has 0 aliphatic rings. The third-order valence-corrected chi connectivity index (χ3v) is 4.44. The molecule has 0 spiro atoms. The summed E-state index contributed by atoms with van der Waals surface area (Å²) in [6, 6.07) is 10.8. The van der Waals surface area contributed by atoms with Crippen molar-refractivity contribution in [1.82, 2.24) is 5.32 Å². The fourth-order valence-electron chi connectivity index (χ4n) is 1.86. The molecule has 21 heavy (non-hydrogen) atoms. The quantitative estimate of drug-likeness (QED) is 0.893. The van der Waals surface area contributed by atoms with E-state index in [1.54, 1.807) is 19.1 Å². The number of sulfonamides is 1. The zero-order chi connectivity index (χ0) is 15.5. The Morgan fingerprint density at radius 2 is 1.76 bits per heavy atom. The van der Waals surface area contributed by atoms with Crippen LogP contribution in [0.5, 0.6) is 0 Å². The number of halogens is 1. The summed E-state index contributed by atoms with van der Waals surface area (Å²) in [6.45, 7) is 2.28. The Balaban J connectivity index is 2.23. The number of benzene rings is 2. The first-order chi connectivity index (χ1) is 9.92. The molecule has 0 amide bonds. The van der Waals surface area contributed by atoms with E-state index in [9.17, 15) is 12.8 Å². The van der Waals surface area contributed by atoms with Crippen LogP contribution in [0.15, 0.2) is 47.4 Å². The smallest absolute Gasteiger partial charge is 0.261 e. The lowest BCUT2D eigenvalue weighted by atomic mass is 10.2. The van der Waals surface area contributed by atoms with Crippen LogP contribution < -0.4 is 10.0 Å². The van der Waals surface area contributed by atoms with Gasteiger partial charge in [-0.3, -0.25) is 4.72 Å². The highest BCUT2D eigenvalue weighted by atomic mass is 32.2. The van der Waals surface area contributed by atoms with Gasteiger partial charge in [-0.2, -0.15) is 0 Å². The molecule has 2 aromatic carbocycles. The Hall–Kier alpha value is -1.92. The lowest BCUT2D eigenvalue weighted by Gasteiger charge is -2.09. The predicted molar refractivity (Wildman–Crippen MR) is 81.2 cm³/mol. The van der Waals surface area contributed by atoms with E-state index in [0.29, 0.717) is 12.1 Å². The average Bonchev–Trinajstić information content (AvgIpc) is 2.44. The van der Waals surface area contributed by atoms with E-state index in [4.69, 9.17) is 0 Å². The van der Waals surface area contributed by atoms with Crippen molar-refractivity contribution in [3.63, 3.8) is 0 Å². The van der Waals surface area contributed by atoms with Crippen molar-refractivity contribution in [2.24, 2.45) is 0 Å². The maximum Gasteiger partial charge on any atom is 0.261 e. The van der Waals surface area contributed by atoms with Gasteiger partial charge in [0.1, 0.15) is 5.82 Å². The van der Waals surface area contributed by atoms with Crippen LogP contribution in [0, 0.1) is 12.7 Å². The summed E-state index contributed by atoms with van der Waals surface area (Å²) in [4.78, 5) is 0.142. The maximum atomic E-state index is 13.5. The van der Waals surface area contributed by atoms with Crippen LogP contribution in [-0.4, -0.2) is 15.5 Å². The second-order valence-corrected chi connectivity index (χ2v) is 6.43. The van der Waals surface area contributed by atoms with Crippen LogP contribution in [0.25, 0.3) is 0 Å². The molecule has 4 nitrogen and oxygen atoms in total. The molecule has 0 saturated heterocycles. The number of hydrogen-bond donors (Lipinski definition) is 2. The Kier molecular flexibility index (Phi) is 4.59. The molecule has 0 bridgehead atoms. The summed E-state index contributed by atoms with van der Waals surface area (Å²) < 4.78 is 40.3. The lowest BCUT2D eigenvalue weighted by Crippen LogP contribution is -2.13. The molecule has 0 aliphatic heterocycles. The normalized spacial score (nSPS) is 11.4. The van der Waals surface area contributed by atoms with Crippen LogP contribution in [-0.2, 0) is 16.6 Å². The summed E-state index contributed by atoms with van der Waals surface area (Å²) in [7, 11) is -1.89. The van der Waals surface area contributed by atoms with Gasteiger partial charge in [0.25, 0.3) is 10.0 Å². The van der Waals surface area contributed by atoms with Gasteiger partial charge in [0.15, 0.2) is 0 Å². The molecule has 0 fully saturated rings. The van der Waals surface area contributed by atoms with Crippen LogP contribution in [0.3, 0.4) is 0 Å². The minimum Gasteiger partial charge on any atom is -0.316 e. The molecule has 2 rings (SSSR count). The van der Waals surface area contributed by atoms with Gasteiger partial charge < -0.3 is 5.32 Å². The summed E-state index contributed by atoms with van der Waals surface area (Å²) in [6.07, 6.45) is 0. The molecular formula is C15H17FN2O2S. The van der Waals surface area contributed by atoms with E-state index in [0.717, 1.165) is 5.56 Å². The third kappa shape index (κ3) is 3.80. The first-order valence-electron chi connectivity index (χ1n) is 6.45. The van der Waals surface area contributed by atoms with E-state index >= 15 is 0 Å². The number of anilines is 1. The fourth-order valence-corrected chi connectivity index (χ4v) is 2.91. The Bertz CT molecular complexity index is 728. The van der Waals surface area contributed by atoms with Crippen LogP contribution in [0.1, 0.15) is 11.1 Å². The van der Waals surface area contributed by atoms with Crippen molar-refractivity contribution in [2.45, 2.75) is 18.4 Å². The average molecular weight is 308 g/mol. The van der Waals surface area contributed by atoms with Gasteiger partial charge in [-0.25, -0.2) is 12.8 Å². The van der Waals surface area contributed by atoms with Crippen molar-refractivity contribution in [2.75, 3.05) is 11.8 Å². The molecule has 0 radical (unpaired) electrons. The van der Waals surface area contributed by atoms with Crippen molar-refractivity contribution in [1.29, 1.82) is 0 Å². The van der Waals surface area contributed by atoms with Crippen molar-refractivity contribution in [3.05, 3.63) is 59.4 Å². The molecule has 0 aliphatic carbocycles. The van der Waals surface area contributed by atoms with Gasteiger partial charge in [-0.1, -0.05) is 18.2 Å². The maximum absolute atomic E-state index is 13.5. The molecule has 0 atom stereocenters. The van der Waals surface area contributed by atoms with Gasteiger partial charge in [0.2, 0.25) is 0 Å². The van der Waals surface area contributed by atoms with Crippen LogP contribution in [0.4, 0.5) is 10.1 Å². The van der Waals surface area contributed by atoms with Crippen molar-refractivity contribution in [3.8, 4) is 0 Å². The molecule has 0 saturated carbocycles. The van der Waals surface area contributed by atoms with Gasteiger partial charge in [-0.05, 0) is 49.4 Å². The molecule has 6 heteroatoms. The van der Waals surface area contributed by atoms with Gasteiger partial charge in [0.05, 0.1) is 10.6 Å². The van der Waals surface area contributed by atoms with Crippen molar-refractivity contribution < 1.29 is 12.8 Å². The molecule has 0 heterocycles. The molecular weight excluding hydrogens is 291 g/mol. The van der Waals surface area contributed by atoms with E-state index in [2.05, 4.69) is 10.0 Å². The number of rotatable bonds is 5. The van der Waals surface area contributed by atoms with E-state index in [1.807, 2.05) is 7.05 Å². The highest BCUT2D eigenvalue weighted by Gasteiger charge is 2.14. The van der Waals surface area contributed by atoms with E-state index < -0.39 is 15.8 Å². The monoisotopic (exact) mass is 308 g/mol. The number of nitrogens with one attached hydrogen (secondary N) is 2. The molecule has 112 valence electrons. The van der Waals surface area contributed by atoms with Gasteiger partial charge in [-0.15, -0.1) is 0 Å². The van der Waals surface area contributed by atoms with Gasteiger partial charge in [0, 0.05) is 6.54 Å². The van der Waals surface area contributed by atoms with E-state index in [-0.39, 0.29) is 10.6 Å². The van der Waals surface area contributed by atoms with E-state index in [1.165, 1.54) is 30.3 Å². The molecule has 2 N–H and O–H groups in total. The lowest BCUT2D eigenvalue weighted by molar-refractivity contribution is 0.601. The highest BCUT2D eigenvalue weighted by molar-refractivity contribution is 7.92. The topological polar surface area (TPSA) is 58.2 Å². The fraction of sp³-hybridized carbons (Fsp3) is 0.200. The molecule has 0 unspecified atom stereocenters. The predicted octanol–water partition coefficient (Wildman–Crippen LogP) is 2.65. The number of hydrogen-bond acceptors (Lipinski definition) is 3. The SMILES string of the molecule is CNCc1ccc(S(=O)(=O)Nc2ccc(C)c(F)c2)cc1.